The van der Waals surface area contributed by atoms with E-state index < -0.39 is 0 Å². The van der Waals surface area contributed by atoms with Gasteiger partial charge in [-0.2, -0.15) is 0 Å². The number of hydrogen-bond acceptors (Lipinski definition) is 1. The fourth-order valence-corrected chi connectivity index (χ4v) is 3.63. The van der Waals surface area contributed by atoms with E-state index >= 15 is 0 Å². The molecular formula is C20H14BN. The molecule has 2 heteroatoms. The van der Waals surface area contributed by atoms with Gasteiger partial charge in [0.15, 0.2) is 0 Å². The molecule has 0 aliphatic carbocycles. The first-order chi connectivity index (χ1) is 10.9. The molecule has 3 aromatic carbocycles. The Bertz CT molecular complexity index is 955. The molecular weight excluding hydrogens is 265 g/mol. The molecule has 0 unspecified atom stereocenters. The largest absolute Gasteiger partial charge is 0.383 e. The van der Waals surface area contributed by atoms with Gasteiger partial charge in [-0.15, -0.1) is 0 Å². The molecule has 5 rings (SSSR count). The highest BCUT2D eigenvalue weighted by Gasteiger charge is 2.30. The highest BCUT2D eigenvalue weighted by Crippen LogP contribution is 2.35. The molecule has 102 valence electrons. The quantitative estimate of drug-likeness (QED) is 0.560. The van der Waals surface area contributed by atoms with Crippen molar-refractivity contribution in [3.8, 4) is 0 Å². The van der Waals surface area contributed by atoms with Crippen molar-refractivity contribution in [2.75, 3.05) is 4.81 Å². The maximum absolute atomic E-state index is 2.38. The van der Waals surface area contributed by atoms with Crippen molar-refractivity contribution in [1.82, 2.24) is 0 Å². The normalized spacial score (nSPS) is 14.7. The Morgan fingerprint density at radius 2 is 1.64 bits per heavy atom. The van der Waals surface area contributed by atoms with Crippen molar-refractivity contribution < 1.29 is 0 Å². The minimum absolute atomic E-state index is 0.301. The van der Waals surface area contributed by atoms with Crippen LogP contribution in [-0.2, 0) is 0 Å². The fraction of sp³-hybridized carbons (Fsp3) is 0. The summed E-state index contributed by atoms with van der Waals surface area (Å²) in [4.78, 5) is 2.38. The van der Waals surface area contributed by atoms with Crippen molar-refractivity contribution in [2.24, 2.45) is 0 Å². The van der Waals surface area contributed by atoms with E-state index in [2.05, 4.69) is 89.8 Å². The Labute approximate surface area is 130 Å². The Balaban J connectivity index is 1.75. The van der Waals surface area contributed by atoms with Crippen molar-refractivity contribution in [1.29, 1.82) is 0 Å². The van der Waals surface area contributed by atoms with Crippen LogP contribution in [0.4, 0.5) is 5.69 Å². The second-order valence-electron chi connectivity index (χ2n) is 5.88. The zero-order valence-electron chi connectivity index (χ0n) is 12.1. The topological polar surface area (TPSA) is 3.24 Å². The summed E-state index contributed by atoms with van der Waals surface area (Å²) in [6.45, 7) is 0.301. The van der Waals surface area contributed by atoms with E-state index in [1.54, 1.807) is 0 Å². The Morgan fingerprint density at radius 3 is 2.64 bits per heavy atom. The van der Waals surface area contributed by atoms with Gasteiger partial charge in [0, 0.05) is 11.3 Å². The first-order valence-electron chi connectivity index (χ1n) is 7.67. The number of anilines is 1. The molecule has 0 aromatic heterocycles. The molecule has 0 saturated heterocycles. The van der Waals surface area contributed by atoms with Gasteiger partial charge in [-0.25, -0.2) is 0 Å². The molecule has 0 atom stereocenters. The molecule has 2 aliphatic rings. The van der Waals surface area contributed by atoms with Crippen molar-refractivity contribution in [3.05, 3.63) is 84.0 Å². The van der Waals surface area contributed by atoms with Crippen molar-refractivity contribution in [3.63, 3.8) is 0 Å². The van der Waals surface area contributed by atoms with Crippen LogP contribution in [0.3, 0.4) is 0 Å². The molecule has 0 bridgehead atoms. The molecule has 0 spiro atoms. The average Bonchev–Trinajstić information content (AvgIpc) is 2.60. The van der Waals surface area contributed by atoms with Crippen LogP contribution in [0.1, 0.15) is 11.1 Å². The van der Waals surface area contributed by atoms with Crippen LogP contribution in [0, 0.1) is 0 Å². The second-order valence-corrected chi connectivity index (χ2v) is 5.88. The highest BCUT2D eigenvalue weighted by molar-refractivity contribution is 6.83. The van der Waals surface area contributed by atoms with Gasteiger partial charge in [-0.05, 0) is 40.1 Å². The summed E-state index contributed by atoms with van der Waals surface area (Å²) in [6, 6.07) is 21.7. The first kappa shape index (κ1) is 11.9. The van der Waals surface area contributed by atoms with Gasteiger partial charge < -0.3 is 4.81 Å². The lowest BCUT2D eigenvalue weighted by Gasteiger charge is -2.35. The van der Waals surface area contributed by atoms with Gasteiger partial charge in [-0.1, -0.05) is 66.6 Å². The van der Waals surface area contributed by atoms with Gasteiger partial charge in [0.05, 0.1) is 0 Å². The summed E-state index contributed by atoms with van der Waals surface area (Å²) >= 11 is 0. The van der Waals surface area contributed by atoms with Crippen LogP contribution in [0.2, 0.25) is 0 Å². The third-order valence-corrected chi connectivity index (χ3v) is 4.70. The number of hydrogen-bond donors (Lipinski definition) is 0. The lowest BCUT2D eigenvalue weighted by Crippen LogP contribution is -2.49. The molecule has 1 nitrogen and oxygen atoms in total. The van der Waals surface area contributed by atoms with E-state index in [0.717, 1.165) is 0 Å². The second kappa shape index (κ2) is 4.38. The van der Waals surface area contributed by atoms with Crippen LogP contribution >= 0.6 is 0 Å². The van der Waals surface area contributed by atoms with Crippen molar-refractivity contribution in [2.45, 2.75) is 0 Å². The van der Waals surface area contributed by atoms with E-state index in [-0.39, 0.29) is 0 Å². The maximum atomic E-state index is 2.38. The summed E-state index contributed by atoms with van der Waals surface area (Å²) in [5.41, 5.74) is 5.30. The van der Waals surface area contributed by atoms with Gasteiger partial charge in [0.25, 0.3) is 0 Å². The Kier molecular flexibility index (Phi) is 2.36. The van der Waals surface area contributed by atoms with Crippen LogP contribution in [0.5, 0.6) is 0 Å². The van der Waals surface area contributed by atoms with E-state index in [1.807, 2.05) is 0 Å². The summed E-state index contributed by atoms with van der Waals surface area (Å²) < 4.78 is 0. The zero-order valence-corrected chi connectivity index (χ0v) is 12.1. The molecule has 2 heterocycles. The molecule has 22 heavy (non-hydrogen) atoms. The van der Waals surface area contributed by atoms with Gasteiger partial charge in [-0.3, -0.25) is 0 Å². The third-order valence-electron chi connectivity index (χ3n) is 4.70. The summed E-state index contributed by atoms with van der Waals surface area (Å²) in [5.74, 6) is 2.32. The van der Waals surface area contributed by atoms with Crippen LogP contribution in [-0.4, -0.2) is 6.85 Å². The van der Waals surface area contributed by atoms with Crippen molar-refractivity contribution >= 4 is 40.9 Å². The standard InChI is InChI=1S/C20H14BN/c1-3-7-17-15(5-1)9-10-20-18(17)11-13-21-19-8-4-2-6-16(19)12-14-22(20)21/h1-14H. The number of rotatable bonds is 0. The summed E-state index contributed by atoms with van der Waals surface area (Å²) in [6.07, 6.45) is 6.71. The maximum Gasteiger partial charge on any atom is 0.320 e. The van der Waals surface area contributed by atoms with Crippen LogP contribution in [0.15, 0.2) is 72.8 Å². The monoisotopic (exact) mass is 279 g/mol. The molecule has 0 radical (unpaired) electrons. The van der Waals surface area contributed by atoms with Gasteiger partial charge in [0.1, 0.15) is 0 Å². The van der Waals surface area contributed by atoms with Crippen LogP contribution < -0.4 is 10.3 Å². The Morgan fingerprint density at radius 1 is 0.773 bits per heavy atom. The van der Waals surface area contributed by atoms with Gasteiger partial charge >= 0.3 is 6.85 Å². The molecule has 0 amide bonds. The van der Waals surface area contributed by atoms with E-state index in [0.29, 0.717) is 6.85 Å². The first-order valence-corrected chi connectivity index (χ1v) is 7.67. The van der Waals surface area contributed by atoms with Crippen LogP contribution in [0.25, 0.3) is 22.9 Å². The molecule has 0 fully saturated rings. The molecule has 2 aliphatic heterocycles. The lowest BCUT2D eigenvalue weighted by atomic mass is 9.50. The van der Waals surface area contributed by atoms with E-state index in [4.69, 9.17) is 0 Å². The van der Waals surface area contributed by atoms with E-state index in [1.165, 1.54) is 33.0 Å². The fourth-order valence-electron chi connectivity index (χ4n) is 3.63. The predicted octanol–water partition coefficient (Wildman–Crippen LogP) is 4.10. The number of nitrogens with zero attached hydrogens (tertiary/aromatic N) is 1. The number of fused-ring (bicyclic) bond motifs is 7. The smallest absolute Gasteiger partial charge is 0.320 e. The minimum Gasteiger partial charge on any atom is -0.383 e. The molecule has 0 N–H and O–H groups in total. The minimum atomic E-state index is 0.301. The summed E-state index contributed by atoms with van der Waals surface area (Å²) in [5, 5.41) is 2.62. The zero-order chi connectivity index (χ0) is 14.5. The van der Waals surface area contributed by atoms with Gasteiger partial charge in [0.2, 0.25) is 0 Å². The SMILES string of the molecule is C1=Cc2c(ccc3ccccc23)N2C=Cc3ccccc3B12. The lowest BCUT2D eigenvalue weighted by molar-refractivity contribution is 1.38. The summed E-state index contributed by atoms with van der Waals surface area (Å²) in [7, 11) is 0. The van der Waals surface area contributed by atoms with E-state index in [9.17, 15) is 0 Å². The predicted molar refractivity (Wildman–Crippen MR) is 96.3 cm³/mol. The average molecular weight is 279 g/mol. The molecule has 0 saturated carbocycles. The Hall–Kier alpha value is -2.74. The number of benzene rings is 3. The third kappa shape index (κ3) is 1.55. The molecule has 3 aromatic rings. The highest BCUT2D eigenvalue weighted by atomic mass is 15.1.